The molecule has 1 unspecified atom stereocenters. The second-order valence-corrected chi connectivity index (χ2v) is 3.82. The Morgan fingerprint density at radius 1 is 1.44 bits per heavy atom. The molecule has 48 valence electrons. The van der Waals surface area contributed by atoms with Crippen LogP contribution in [0.3, 0.4) is 0 Å². The Morgan fingerprint density at radius 2 is 2.00 bits per heavy atom. The third kappa shape index (κ3) is 1.76. The van der Waals surface area contributed by atoms with Gasteiger partial charge in [-0.05, 0) is 18.6 Å². The summed E-state index contributed by atoms with van der Waals surface area (Å²) >= 11 is 0. The van der Waals surface area contributed by atoms with Gasteiger partial charge in [-0.1, -0.05) is 16.7 Å². The van der Waals surface area contributed by atoms with Crippen molar-refractivity contribution in [2.24, 2.45) is 0 Å². The zero-order valence-corrected chi connectivity index (χ0v) is 6.34. The number of rotatable bonds is 1. The van der Waals surface area contributed by atoms with Crippen LogP contribution >= 0.6 is 7.80 Å². The Morgan fingerprint density at radius 3 is 2.33 bits per heavy atom. The van der Waals surface area contributed by atoms with E-state index >= 15 is 0 Å². The summed E-state index contributed by atoms with van der Waals surface area (Å²) in [4.78, 5) is 0. The molecule has 2 heteroatoms. The minimum absolute atomic E-state index is 0.203. The molecule has 0 aromatic heterocycles. The lowest BCUT2D eigenvalue weighted by Crippen LogP contribution is -1.93. The Hall–Kier alpha value is -0.420. The molecule has 0 aromatic carbocycles. The first-order chi connectivity index (χ1) is 4.30. The molecule has 0 aromatic rings. The quantitative estimate of drug-likeness (QED) is 0.404. The van der Waals surface area contributed by atoms with Gasteiger partial charge < -0.3 is 0 Å². The van der Waals surface area contributed by atoms with Gasteiger partial charge in [0.05, 0.1) is 0 Å². The summed E-state index contributed by atoms with van der Waals surface area (Å²) in [6.45, 7) is 1.76. The highest BCUT2D eigenvalue weighted by molar-refractivity contribution is 7.45. The average molecular weight is 141 g/mol. The summed E-state index contributed by atoms with van der Waals surface area (Å²) in [7, 11) is -1.04. The van der Waals surface area contributed by atoms with Gasteiger partial charge in [0.1, 0.15) is 6.66 Å². The Bertz CT molecular complexity index is 158. The SMILES string of the molecule is C[P+](=O)C1C=CCC=C1. The average Bonchev–Trinajstić information content (AvgIpc) is 1.90. The van der Waals surface area contributed by atoms with E-state index in [-0.39, 0.29) is 5.66 Å². The fraction of sp³-hybridized carbons (Fsp3) is 0.429. The van der Waals surface area contributed by atoms with Crippen molar-refractivity contribution >= 4 is 7.80 Å². The van der Waals surface area contributed by atoms with Crippen molar-refractivity contribution in [1.82, 2.24) is 0 Å². The van der Waals surface area contributed by atoms with Gasteiger partial charge in [0, 0.05) is 0 Å². The van der Waals surface area contributed by atoms with Crippen LogP contribution < -0.4 is 0 Å². The van der Waals surface area contributed by atoms with Crippen molar-refractivity contribution in [2.45, 2.75) is 12.1 Å². The van der Waals surface area contributed by atoms with Crippen molar-refractivity contribution < 1.29 is 4.57 Å². The predicted molar refractivity (Wildman–Crippen MR) is 40.2 cm³/mol. The van der Waals surface area contributed by atoms with Gasteiger partial charge in [-0.3, -0.25) is 0 Å². The predicted octanol–water partition coefficient (Wildman–Crippen LogP) is 2.33. The molecule has 0 N–H and O–H groups in total. The number of hydrogen-bond acceptors (Lipinski definition) is 1. The Kier molecular flexibility index (Phi) is 2.18. The summed E-state index contributed by atoms with van der Waals surface area (Å²) in [5.41, 5.74) is 0.203. The molecule has 0 fully saturated rings. The Balaban J connectivity index is 2.60. The van der Waals surface area contributed by atoms with Crippen LogP contribution in [-0.4, -0.2) is 12.3 Å². The lowest BCUT2D eigenvalue weighted by molar-refractivity contribution is 0.590. The zero-order valence-electron chi connectivity index (χ0n) is 5.45. The first-order valence-electron chi connectivity index (χ1n) is 3.04. The smallest absolute Gasteiger partial charge is 0.0799 e. The van der Waals surface area contributed by atoms with Crippen LogP contribution in [0.2, 0.25) is 0 Å². The van der Waals surface area contributed by atoms with Gasteiger partial charge in [-0.25, -0.2) is 0 Å². The van der Waals surface area contributed by atoms with Crippen molar-refractivity contribution in [3.63, 3.8) is 0 Å². The van der Waals surface area contributed by atoms with Crippen LogP contribution in [0.1, 0.15) is 6.42 Å². The van der Waals surface area contributed by atoms with Crippen molar-refractivity contribution in [3.8, 4) is 0 Å². The zero-order chi connectivity index (χ0) is 6.69. The highest BCUT2D eigenvalue weighted by Gasteiger charge is 2.18. The van der Waals surface area contributed by atoms with Crippen LogP contribution in [0.25, 0.3) is 0 Å². The van der Waals surface area contributed by atoms with Crippen LogP contribution in [0, 0.1) is 0 Å². The maximum Gasteiger partial charge on any atom is 0.346 e. The van der Waals surface area contributed by atoms with E-state index in [1.54, 1.807) is 6.66 Å². The largest absolute Gasteiger partial charge is 0.346 e. The number of allylic oxidation sites excluding steroid dienone is 4. The molecular weight excluding hydrogens is 131 g/mol. The van der Waals surface area contributed by atoms with E-state index in [1.807, 2.05) is 12.2 Å². The van der Waals surface area contributed by atoms with E-state index in [1.165, 1.54) is 0 Å². The van der Waals surface area contributed by atoms with E-state index in [4.69, 9.17) is 0 Å². The molecule has 0 spiro atoms. The standard InChI is InChI=1S/C7H10OP/c1-9(8)7-5-3-2-4-6-7/h3-7H,2H2,1H3/q+1. The topological polar surface area (TPSA) is 17.1 Å². The van der Waals surface area contributed by atoms with Crippen LogP contribution in [-0.2, 0) is 4.57 Å². The lowest BCUT2D eigenvalue weighted by Gasteiger charge is -1.95. The minimum atomic E-state index is -1.04. The molecule has 1 atom stereocenters. The molecular formula is C7H10OP+. The molecule has 9 heavy (non-hydrogen) atoms. The molecule has 1 aliphatic rings. The van der Waals surface area contributed by atoms with Crippen LogP contribution in [0.4, 0.5) is 0 Å². The molecule has 0 saturated carbocycles. The summed E-state index contributed by atoms with van der Waals surface area (Å²) in [6, 6.07) is 0. The fourth-order valence-electron chi connectivity index (χ4n) is 0.821. The molecule has 0 heterocycles. The highest BCUT2D eigenvalue weighted by Crippen LogP contribution is 2.27. The molecule has 0 radical (unpaired) electrons. The Labute approximate surface area is 56.2 Å². The lowest BCUT2D eigenvalue weighted by atomic mass is 10.2. The molecule has 1 aliphatic carbocycles. The molecule has 0 saturated heterocycles. The number of hydrogen-bond donors (Lipinski definition) is 0. The normalized spacial score (nSPS) is 20.3. The van der Waals surface area contributed by atoms with Crippen LogP contribution in [0.5, 0.6) is 0 Å². The minimum Gasteiger partial charge on any atom is -0.0799 e. The van der Waals surface area contributed by atoms with Gasteiger partial charge in [-0.15, -0.1) is 0 Å². The van der Waals surface area contributed by atoms with Gasteiger partial charge in [-0.2, -0.15) is 0 Å². The maximum atomic E-state index is 10.8. The molecule has 0 amide bonds. The van der Waals surface area contributed by atoms with E-state index in [9.17, 15) is 4.57 Å². The van der Waals surface area contributed by atoms with Crippen LogP contribution in [0.15, 0.2) is 24.3 Å². The first-order valence-corrected chi connectivity index (χ1v) is 4.81. The van der Waals surface area contributed by atoms with Gasteiger partial charge in [0.2, 0.25) is 0 Å². The van der Waals surface area contributed by atoms with Crippen molar-refractivity contribution in [1.29, 1.82) is 0 Å². The molecule has 1 rings (SSSR count). The summed E-state index contributed by atoms with van der Waals surface area (Å²) in [5, 5.41) is 0. The highest BCUT2D eigenvalue weighted by atomic mass is 31.1. The van der Waals surface area contributed by atoms with Crippen molar-refractivity contribution in [3.05, 3.63) is 24.3 Å². The van der Waals surface area contributed by atoms with E-state index in [0.717, 1.165) is 6.42 Å². The third-order valence-corrected chi connectivity index (χ3v) is 2.54. The molecule has 0 aliphatic heterocycles. The first kappa shape index (κ1) is 6.70. The second-order valence-electron chi connectivity index (χ2n) is 2.13. The summed E-state index contributed by atoms with van der Waals surface area (Å²) in [5.74, 6) is 0. The maximum absolute atomic E-state index is 10.8. The molecule has 0 bridgehead atoms. The van der Waals surface area contributed by atoms with E-state index in [2.05, 4.69) is 12.2 Å². The summed E-state index contributed by atoms with van der Waals surface area (Å²) < 4.78 is 10.8. The van der Waals surface area contributed by atoms with Gasteiger partial charge in [0.25, 0.3) is 0 Å². The van der Waals surface area contributed by atoms with Crippen molar-refractivity contribution in [2.75, 3.05) is 6.66 Å². The second kappa shape index (κ2) is 2.93. The summed E-state index contributed by atoms with van der Waals surface area (Å²) in [6.07, 6.45) is 9.14. The fourth-order valence-corrected chi connectivity index (χ4v) is 1.55. The van der Waals surface area contributed by atoms with E-state index < -0.39 is 7.80 Å². The van der Waals surface area contributed by atoms with Gasteiger partial charge >= 0.3 is 7.80 Å². The van der Waals surface area contributed by atoms with Gasteiger partial charge in [0.15, 0.2) is 5.66 Å². The molecule has 1 nitrogen and oxygen atoms in total. The van der Waals surface area contributed by atoms with E-state index in [0.29, 0.717) is 0 Å². The monoisotopic (exact) mass is 141 g/mol. The third-order valence-electron chi connectivity index (χ3n) is 1.36.